The monoisotopic (exact) mass is 309 g/mol. The van der Waals surface area contributed by atoms with Gasteiger partial charge >= 0.3 is 0 Å². The van der Waals surface area contributed by atoms with Crippen molar-refractivity contribution in [3.05, 3.63) is 65.2 Å². The van der Waals surface area contributed by atoms with E-state index in [2.05, 4.69) is 52.9 Å². The fraction of sp³-hybridized carbons (Fsp3) is 0.381. The molecular formula is C21H27NO. The van der Waals surface area contributed by atoms with Crippen molar-refractivity contribution in [3.63, 3.8) is 0 Å². The van der Waals surface area contributed by atoms with Gasteiger partial charge in [-0.1, -0.05) is 65.8 Å². The van der Waals surface area contributed by atoms with Crippen LogP contribution in [0.4, 0.5) is 5.69 Å². The van der Waals surface area contributed by atoms with Crippen LogP contribution in [0.25, 0.3) is 0 Å². The number of rotatable bonds is 2. The van der Waals surface area contributed by atoms with Crippen molar-refractivity contribution in [3.8, 4) is 0 Å². The standard InChI is InChI=1S/C21H27NO/c1-20(2,3)16-12-15(13-17(14-16)21(4,5)6)19(23)22-18-10-8-7-9-11-18/h7-14H,1-6H3,(H,22,23). The average molecular weight is 309 g/mol. The van der Waals surface area contributed by atoms with Crippen LogP contribution in [0, 0.1) is 0 Å². The lowest BCUT2D eigenvalue weighted by Crippen LogP contribution is -2.20. The summed E-state index contributed by atoms with van der Waals surface area (Å²) in [6.07, 6.45) is 0. The summed E-state index contributed by atoms with van der Waals surface area (Å²) in [6.45, 7) is 13.0. The van der Waals surface area contributed by atoms with Gasteiger partial charge in [-0.05, 0) is 46.2 Å². The zero-order valence-electron chi connectivity index (χ0n) is 15.0. The van der Waals surface area contributed by atoms with E-state index in [1.54, 1.807) is 0 Å². The maximum Gasteiger partial charge on any atom is 0.255 e. The maximum absolute atomic E-state index is 12.7. The Morgan fingerprint density at radius 3 is 1.70 bits per heavy atom. The molecule has 0 aliphatic rings. The Hall–Kier alpha value is -2.09. The Morgan fingerprint density at radius 2 is 1.26 bits per heavy atom. The third-order valence-electron chi connectivity index (χ3n) is 3.96. The molecule has 0 saturated carbocycles. The highest BCUT2D eigenvalue weighted by molar-refractivity contribution is 6.04. The van der Waals surface area contributed by atoms with Gasteiger partial charge in [0.25, 0.3) is 5.91 Å². The van der Waals surface area contributed by atoms with Crippen LogP contribution in [0.5, 0.6) is 0 Å². The van der Waals surface area contributed by atoms with Crippen molar-refractivity contribution in [1.29, 1.82) is 0 Å². The molecule has 0 aliphatic heterocycles. The van der Waals surface area contributed by atoms with Crippen molar-refractivity contribution in [1.82, 2.24) is 0 Å². The van der Waals surface area contributed by atoms with Gasteiger partial charge in [-0.15, -0.1) is 0 Å². The molecule has 1 amide bonds. The lowest BCUT2D eigenvalue weighted by Gasteiger charge is -2.26. The molecule has 0 aliphatic carbocycles. The SMILES string of the molecule is CC(C)(C)c1cc(C(=O)Nc2ccccc2)cc(C(C)(C)C)c1. The van der Waals surface area contributed by atoms with Gasteiger partial charge in [-0.25, -0.2) is 0 Å². The summed E-state index contributed by atoms with van der Waals surface area (Å²) in [4.78, 5) is 12.7. The van der Waals surface area contributed by atoms with Crippen LogP contribution in [-0.2, 0) is 10.8 Å². The molecule has 23 heavy (non-hydrogen) atoms. The predicted molar refractivity (Wildman–Crippen MR) is 98.2 cm³/mol. The Labute approximate surface area is 139 Å². The lowest BCUT2D eigenvalue weighted by atomic mass is 9.79. The summed E-state index contributed by atoms with van der Waals surface area (Å²) >= 11 is 0. The Morgan fingerprint density at radius 1 is 0.783 bits per heavy atom. The predicted octanol–water partition coefficient (Wildman–Crippen LogP) is 5.53. The molecule has 0 saturated heterocycles. The number of benzene rings is 2. The van der Waals surface area contributed by atoms with Crippen molar-refractivity contribution in [2.45, 2.75) is 52.4 Å². The minimum absolute atomic E-state index is 0.00301. The summed E-state index contributed by atoms with van der Waals surface area (Å²) in [5, 5.41) is 2.98. The number of hydrogen-bond donors (Lipinski definition) is 1. The van der Waals surface area contributed by atoms with Gasteiger partial charge in [-0.2, -0.15) is 0 Å². The minimum atomic E-state index is -0.0622. The van der Waals surface area contributed by atoms with Gasteiger partial charge in [0.05, 0.1) is 0 Å². The summed E-state index contributed by atoms with van der Waals surface area (Å²) in [5.74, 6) is -0.0622. The van der Waals surface area contributed by atoms with Gasteiger partial charge in [0.2, 0.25) is 0 Å². The highest BCUT2D eigenvalue weighted by atomic mass is 16.1. The third-order valence-corrected chi connectivity index (χ3v) is 3.96. The van der Waals surface area contributed by atoms with Gasteiger partial charge in [0.15, 0.2) is 0 Å². The molecule has 2 heteroatoms. The number of nitrogens with one attached hydrogen (secondary N) is 1. The molecule has 0 spiro atoms. The molecule has 0 unspecified atom stereocenters. The average Bonchev–Trinajstić information content (AvgIpc) is 2.46. The first-order valence-corrected chi connectivity index (χ1v) is 8.10. The van der Waals surface area contributed by atoms with Crippen molar-refractivity contribution in [2.75, 3.05) is 5.32 Å². The van der Waals surface area contributed by atoms with Crippen LogP contribution in [0.3, 0.4) is 0 Å². The van der Waals surface area contributed by atoms with E-state index in [-0.39, 0.29) is 16.7 Å². The molecule has 2 nitrogen and oxygen atoms in total. The first-order valence-electron chi connectivity index (χ1n) is 8.10. The molecular weight excluding hydrogens is 282 g/mol. The van der Waals surface area contributed by atoms with E-state index in [4.69, 9.17) is 0 Å². The summed E-state index contributed by atoms with van der Waals surface area (Å²) < 4.78 is 0. The zero-order chi connectivity index (χ0) is 17.3. The quantitative estimate of drug-likeness (QED) is 0.776. The van der Waals surface area contributed by atoms with Crippen LogP contribution in [-0.4, -0.2) is 5.91 Å². The lowest BCUT2D eigenvalue weighted by molar-refractivity contribution is 0.102. The highest BCUT2D eigenvalue weighted by Gasteiger charge is 2.22. The van der Waals surface area contributed by atoms with E-state index in [1.807, 2.05) is 42.5 Å². The van der Waals surface area contributed by atoms with Gasteiger partial charge < -0.3 is 5.32 Å². The maximum atomic E-state index is 12.7. The number of hydrogen-bond acceptors (Lipinski definition) is 1. The fourth-order valence-electron chi connectivity index (χ4n) is 2.35. The first-order chi connectivity index (χ1) is 10.6. The van der Waals surface area contributed by atoms with Crippen molar-refractivity contribution < 1.29 is 4.79 Å². The molecule has 2 aromatic carbocycles. The van der Waals surface area contributed by atoms with Gasteiger partial charge in [0.1, 0.15) is 0 Å². The number of carbonyl (C=O) groups is 1. The molecule has 0 bridgehead atoms. The molecule has 2 rings (SSSR count). The van der Waals surface area contributed by atoms with Gasteiger partial charge in [-0.3, -0.25) is 4.79 Å². The Kier molecular flexibility index (Phi) is 4.65. The third kappa shape index (κ3) is 4.44. The number of carbonyl (C=O) groups excluding carboxylic acids is 1. The summed E-state index contributed by atoms with van der Waals surface area (Å²) in [5.41, 5.74) is 3.90. The molecule has 0 heterocycles. The number of para-hydroxylation sites is 1. The van der Waals surface area contributed by atoms with Gasteiger partial charge in [0, 0.05) is 11.3 Å². The van der Waals surface area contributed by atoms with Crippen LogP contribution >= 0.6 is 0 Å². The second-order valence-electron chi connectivity index (χ2n) is 8.12. The molecule has 2 aromatic rings. The van der Waals surface area contributed by atoms with Crippen LogP contribution in [0.1, 0.15) is 63.0 Å². The van der Waals surface area contributed by atoms with E-state index in [0.29, 0.717) is 5.56 Å². The number of amides is 1. The number of anilines is 1. The highest BCUT2D eigenvalue weighted by Crippen LogP contribution is 2.30. The molecule has 0 aromatic heterocycles. The molecule has 0 fully saturated rings. The van der Waals surface area contributed by atoms with Crippen LogP contribution in [0.15, 0.2) is 48.5 Å². The topological polar surface area (TPSA) is 29.1 Å². The Balaban J connectivity index is 2.43. The largest absolute Gasteiger partial charge is 0.322 e. The van der Waals surface area contributed by atoms with E-state index in [0.717, 1.165) is 5.69 Å². The normalized spacial score (nSPS) is 12.1. The summed E-state index contributed by atoms with van der Waals surface area (Å²) in [7, 11) is 0. The van der Waals surface area contributed by atoms with Crippen molar-refractivity contribution >= 4 is 11.6 Å². The molecule has 1 N–H and O–H groups in total. The van der Waals surface area contributed by atoms with Crippen molar-refractivity contribution in [2.24, 2.45) is 0 Å². The molecule has 122 valence electrons. The molecule has 0 atom stereocenters. The van der Waals surface area contributed by atoms with E-state index < -0.39 is 0 Å². The fourth-order valence-corrected chi connectivity index (χ4v) is 2.35. The Bertz CT molecular complexity index is 656. The zero-order valence-corrected chi connectivity index (χ0v) is 15.0. The first kappa shape index (κ1) is 17.3. The van der Waals surface area contributed by atoms with E-state index in [9.17, 15) is 4.79 Å². The van der Waals surface area contributed by atoms with E-state index >= 15 is 0 Å². The van der Waals surface area contributed by atoms with Crippen LogP contribution in [0.2, 0.25) is 0 Å². The summed E-state index contributed by atoms with van der Waals surface area (Å²) in [6, 6.07) is 15.8. The van der Waals surface area contributed by atoms with E-state index in [1.165, 1.54) is 11.1 Å². The smallest absolute Gasteiger partial charge is 0.255 e. The van der Waals surface area contributed by atoms with Crippen LogP contribution < -0.4 is 5.32 Å². The molecule has 0 radical (unpaired) electrons. The second-order valence-corrected chi connectivity index (χ2v) is 8.12. The minimum Gasteiger partial charge on any atom is -0.322 e. The second kappa shape index (κ2) is 6.19.